The lowest BCUT2D eigenvalue weighted by Gasteiger charge is -2.35. The zero-order valence-corrected chi connectivity index (χ0v) is 12.8. The number of aliphatic hydroxyl groups excluding tert-OH is 1. The molecule has 1 fully saturated rings. The molecule has 1 N–H and O–H groups in total. The van der Waals surface area contributed by atoms with Crippen LogP contribution in [0.2, 0.25) is 0 Å². The monoisotopic (exact) mass is 324 g/mol. The summed E-state index contributed by atoms with van der Waals surface area (Å²) >= 11 is 0. The minimum absolute atomic E-state index is 0.125. The maximum Gasteiger partial charge on any atom is 0.243 e. The van der Waals surface area contributed by atoms with Gasteiger partial charge < -0.3 is 5.11 Å². The number of nitrogens with zero attached hydrogens (tertiary/aromatic N) is 2. The first-order chi connectivity index (χ1) is 10.5. The predicted molar refractivity (Wildman–Crippen MR) is 80.7 cm³/mol. The minimum atomic E-state index is -3.83. The number of hydrogen-bond donors (Lipinski definition) is 1. The molecule has 1 aliphatic heterocycles. The number of aliphatic hydroxyl groups is 1. The molecule has 2 heterocycles. The number of rotatable bonds is 3. The van der Waals surface area contributed by atoms with Crippen LogP contribution < -0.4 is 0 Å². The number of sulfonamides is 1. The first-order valence-electron chi connectivity index (χ1n) is 7.10. The molecular weight excluding hydrogens is 307 g/mol. The first-order valence-corrected chi connectivity index (χ1v) is 8.54. The molecule has 0 saturated carbocycles. The second-order valence-electron chi connectivity index (χ2n) is 5.58. The predicted octanol–water partition coefficient (Wildman–Crippen LogP) is 1.72. The van der Waals surface area contributed by atoms with Crippen molar-refractivity contribution in [2.75, 3.05) is 19.7 Å². The van der Waals surface area contributed by atoms with Crippen molar-refractivity contribution < 1.29 is 17.9 Å². The molecule has 0 radical (unpaired) electrons. The lowest BCUT2D eigenvalue weighted by Crippen LogP contribution is -2.49. The van der Waals surface area contributed by atoms with E-state index in [2.05, 4.69) is 4.98 Å². The van der Waals surface area contributed by atoms with Crippen LogP contribution in [0.1, 0.15) is 12.8 Å². The van der Waals surface area contributed by atoms with Gasteiger partial charge >= 0.3 is 0 Å². The summed E-state index contributed by atoms with van der Waals surface area (Å²) in [6.45, 7) is -0.733. The molecule has 2 aromatic rings. The summed E-state index contributed by atoms with van der Waals surface area (Å²) in [5.41, 5.74) is -1.29. The second kappa shape index (κ2) is 5.57. The Bertz CT molecular complexity index is 791. The Hall–Kier alpha value is -1.57. The standard InChI is InChI=1S/C15H17FN2O3S/c16-15(11-19)7-3-9-18(10-15)22(20,21)14-6-1-5-13-12(14)4-2-8-17-13/h1-2,4-6,8,19H,3,7,9-11H2. The minimum Gasteiger partial charge on any atom is -0.393 e. The Morgan fingerprint density at radius 2 is 2.14 bits per heavy atom. The highest BCUT2D eigenvalue weighted by atomic mass is 32.2. The van der Waals surface area contributed by atoms with Crippen LogP contribution in [-0.2, 0) is 10.0 Å². The van der Waals surface area contributed by atoms with Crippen LogP contribution in [-0.4, -0.2) is 48.2 Å². The molecule has 0 amide bonds. The van der Waals surface area contributed by atoms with E-state index in [0.717, 1.165) is 4.31 Å². The zero-order chi connectivity index (χ0) is 15.8. The Balaban J connectivity index is 2.05. The number of benzene rings is 1. The summed E-state index contributed by atoms with van der Waals surface area (Å²) in [5.74, 6) is 0. The molecule has 22 heavy (non-hydrogen) atoms. The molecule has 3 rings (SSSR count). The van der Waals surface area contributed by atoms with Gasteiger partial charge in [-0.15, -0.1) is 0 Å². The van der Waals surface area contributed by atoms with Gasteiger partial charge in [0.25, 0.3) is 0 Å². The van der Waals surface area contributed by atoms with E-state index in [0.29, 0.717) is 17.3 Å². The average Bonchev–Trinajstić information content (AvgIpc) is 2.54. The van der Waals surface area contributed by atoms with Gasteiger partial charge in [-0.1, -0.05) is 6.07 Å². The van der Waals surface area contributed by atoms with Crippen molar-refractivity contribution in [1.29, 1.82) is 0 Å². The van der Waals surface area contributed by atoms with Crippen LogP contribution in [0.15, 0.2) is 41.4 Å². The molecule has 7 heteroatoms. The Kier molecular flexibility index (Phi) is 3.88. The molecule has 118 valence electrons. The fourth-order valence-electron chi connectivity index (χ4n) is 2.82. The number of pyridine rings is 1. The van der Waals surface area contributed by atoms with Crippen molar-refractivity contribution in [1.82, 2.24) is 9.29 Å². The highest BCUT2D eigenvalue weighted by Gasteiger charge is 2.40. The van der Waals surface area contributed by atoms with Crippen LogP contribution >= 0.6 is 0 Å². The fourth-order valence-corrected chi connectivity index (χ4v) is 4.57. The van der Waals surface area contributed by atoms with E-state index < -0.39 is 22.3 Å². The molecule has 1 atom stereocenters. The quantitative estimate of drug-likeness (QED) is 0.933. The van der Waals surface area contributed by atoms with E-state index in [-0.39, 0.29) is 24.4 Å². The first kappa shape index (κ1) is 15.3. The Morgan fingerprint density at radius 1 is 1.32 bits per heavy atom. The third kappa shape index (κ3) is 2.60. The van der Waals surface area contributed by atoms with Gasteiger partial charge in [-0.2, -0.15) is 4.31 Å². The van der Waals surface area contributed by atoms with Crippen LogP contribution in [0.3, 0.4) is 0 Å². The summed E-state index contributed by atoms with van der Waals surface area (Å²) in [4.78, 5) is 4.27. The van der Waals surface area contributed by atoms with Gasteiger partial charge in [-0.3, -0.25) is 4.98 Å². The molecule has 1 saturated heterocycles. The van der Waals surface area contributed by atoms with E-state index in [4.69, 9.17) is 5.11 Å². The zero-order valence-electron chi connectivity index (χ0n) is 11.9. The van der Waals surface area contributed by atoms with E-state index in [1.807, 2.05) is 0 Å². The highest BCUT2D eigenvalue weighted by Crippen LogP contribution is 2.31. The van der Waals surface area contributed by atoms with Gasteiger partial charge in [-0.05, 0) is 37.1 Å². The maximum atomic E-state index is 14.3. The summed E-state index contributed by atoms with van der Waals surface area (Å²) < 4.78 is 41.2. The molecule has 1 aliphatic rings. The summed E-state index contributed by atoms with van der Waals surface area (Å²) in [5, 5.41) is 9.69. The van der Waals surface area contributed by atoms with Gasteiger partial charge in [0, 0.05) is 18.1 Å². The van der Waals surface area contributed by atoms with Crippen molar-refractivity contribution in [3.63, 3.8) is 0 Å². The number of halogens is 1. The number of hydrogen-bond acceptors (Lipinski definition) is 4. The molecular formula is C15H17FN2O3S. The van der Waals surface area contributed by atoms with Crippen LogP contribution in [0.5, 0.6) is 0 Å². The summed E-state index contributed by atoms with van der Waals surface area (Å²) in [6, 6.07) is 8.23. The Morgan fingerprint density at radius 3 is 2.91 bits per heavy atom. The number of fused-ring (bicyclic) bond motifs is 1. The van der Waals surface area contributed by atoms with Crippen molar-refractivity contribution >= 4 is 20.9 Å². The molecule has 0 spiro atoms. The van der Waals surface area contributed by atoms with E-state index >= 15 is 0 Å². The van der Waals surface area contributed by atoms with Gasteiger partial charge in [0.1, 0.15) is 5.67 Å². The van der Waals surface area contributed by atoms with Crippen LogP contribution in [0.25, 0.3) is 10.9 Å². The summed E-state index contributed by atoms with van der Waals surface area (Å²) in [7, 11) is -3.83. The van der Waals surface area contributed by atoms with Crippen LogP contribution in [0.4, 0.5) is 4.39 Å². The number of piperidine rings is 1. The third-order valence-electron chi connectivity index (χ3n) is 4.00. The van der Waals surface area contributed by atoms with E-state index in [1.165, 1.54) is 6.07 Å². The topological polar surface area (TPSA) is 70.5 Å². The van der Waals surface area contributed by atoms with Crippen LogP contribution in [0, 0.1) is 0 Å². The lowest BCUT2D eigenvalue weighted by molar-refractivity contribution is 0.0236. The third-order valence-corrected chi connectivity index (χ3v) is 5.90. The SMILES string of the molecule is O=S(=O)(c1cccc2ncccc12)N1CCCC(F)(CO)C1. The van der Waals surface area contributed by atoms with E-state index in [1.54, 1.807) is 30.5 Å². The number of aromatic nitrogens is 1. The van der Waals surface area contributed by atoms with Gasteiger partial charge in [0.15, 0.2) is 0 Å². The smallest absolute Gasteiger partial charge is 0.243 e. The average molecular weight is 324 g/mol. The Labute approximate surface area is 128 Å². The van der Waals surface area contributed by atoms with Gasteiger partial charge in [0.2, 0.25) is 10.0 Å². The number of alkyl halides is 1. The fraction of sp³-hybridized carbons (Fsp3) is 0.400. The molecule has 1 aromatic heterocycles. The summed E-state index contributed by atoms with van der Waals surface area (Å²) in [6.07, 6.45) is 2.16. The van der Waals surface area contributed by atoms with Gasteiger partial charge in [0.05, 0.1) is 23.6 Å². The van der Waals surface area contributed by atoms with Crippen molar-refractivity contribution in [2.24, 2.45) is 0 Å². The van der Waals surface area contributed by atoms with Gasteiger partial charge in [-0.25, -0.2) is 12.8 Å². The second-order valence-corrected chi connectivity index (χ2v) is 7.48. The van der Waals surface area contributed by atoms with E-state index in [9.17, 15) is 12.8 Å². The normalized spacial score (nSPS) is 23.7. The molecule has 1 unspecified atom stereocenters. The van der Waals surface area contributed by atoms with Crippen molar-refractivity contribution in [2.45, 2.75) is 23.4 Å². The van der Waals surface area contributed by atoms with Crippen molar-refractivity contribution in [3.8, 4) is 0 Å². The molecule has 0 bridgehead atoms. The molecule has 0 aliphatic carbocycles. The maximum absolute atomic E-state index is 14.3. The molecule has 1 aromatic carbocycles. The van der Waals surface area contributed by atoms with Crippen molar-refractivity contribution in [3.05, 3.63) is 36.5 Å². The largest absolute Gasteiger partial charge is 0.393 e. The highest BCUT2D eigenvalue weighted by molar-refractivity contribution is 7.89. The molecule has 5 nitrogen and oxygen atoms in total. The lowest BCUT2D eigenvalue weighted by atomic mass is 9.97.